The smallest absolute Gasteiger partial charge is 0.141 e. The molecule has 1 aliphatic heterocycles. The molecule has 18 heavy (non-hydrogen) atoms. The van der Waals surface area contributed by atoms with Gasteiger partial charge >= 0.3 is 0 Å². The summed E-state index contributed by atoms with van der Waals surface area (Å²) in [7, 11) is 0. The Bertz CT molecular complexity index is 598. The maximum atomic E-state index is 6.23. The first-order valence-electron chi connectivity index (χ1n) is 6.28. The van der Waals surface area contributed by atoms with Gasteiger partial charge in [-0.05, 0) is 25.8 Å². The van der Waals surface area contributed by atoms with Crippen LogP contribution in [0.1, 0.15) is 23.8 Å². The Kier molecular flexibility index (Phi) is 2.57. The number of fused-ring (bicyclic) bond motifs is 1. The number of nitrogens with zero attached hydrogens (tertiary/aromatic N) is 3. The zero-order valence-corrected chi connectivity index (χ0v) is 11.8. The molecule has 2 N–H and O–H groups in total. The van der Waals surface area contributed by atoms with Crippen LogP contribution in [0.2, 0.25) is 0 Å². The van der Waals surface area contributed by atoms with Gasteiger partial charge in [0.25, 0.3) is 0 Å². The van der Waals surface area contributed by atoms with Crippen molar-refractivity contribution >= 4 is 27.4 Å². The molecule has 4 nitrogen and oxygen atoms in total. The van der Waals surface area contributed by atoms with E-state index in [-0.39, 0.29) is 5.54 Å². The summed E-state index contributed by atoms with van der Waals surface area (Å²) < 4.78 is 0. The predicted molar refractivity (Wildman–Crippen MR) is 76.3 cm³/mol. The van der Waals surface area contributed by atoms with Gasteiger partial charge in [0, 0.05) is 18.0 Å². The topological polar surface area (TPSA) is 55.0 Å². The highest BCUT2D eigenvalue weighted by Gasteiger charge is 2.39. The number of aromatic nitrogens is 2. The van der Waals surface area contributed by atoms with E-state index in [0.29, 0.717) is 0 Å². The quantitative estimate of drug-likeness (QED) is 0.901. The van der Waals surface area contributed by atoms with E-state index in [1.54, 1.807) is 17.7 Å². The zero-order chi connectivity index (χ0) is 12.9. The lowest BCUT2D eigenvalue weighted by molar-refractivity contribution is 0.321. The molecule has 0 spiro atoms. The van der Waals surface area contributed by atoms with Crippen molar-refractivity contribution in [1.82, 2.24) is 9.97 Å². The van der Waals surface area contributed by atoms with E-state index in [1.165, 1.54) is 15.8 Å². The maximum Gasteiger partial charge on any atom is 0.141 e. The molecule has 0 unspecified atom stereocenters. The van der Waals surface area contributed by atoms with Gasteiger partial charge in [-0.3, -0.25) is 0 Å². The van der Waals surface area contributed by atoms with E-state index < -0.39 is 0 Å². The van der Waals surface area contributed by atoms with Crippen LogP contribution in [0.15, 0.2) is 6.33 Å². The minimum atomic E-state index is -0.0315. The van der Waals surface area contributed by atoms with Crippen molar-refractivity contribution in [2.75, 3.05) is 18.0 Å². The number of anilines is 1. The highest BCUT2D eigenvalue weighted by molar-refractivity contribution is 7.18. The molecule has 2 aromatic rings. The van der Waals surface area contributed by atoms with Gasteiger partial charge in [-0.25, -0.2) is 9.97 Å². The van der Waals surface area contributed by atoms with Crippen LogP contribution in [0.5, 0.6) is 0 Å². The van der Waals surface area contributed by atoms with Crippen LogP contribution in [-0.4, -0.2) is 28.6 Å². The van der Waals surface area contributed by atoms with E-state index in [1.807, 2.05) is 0 Å². The maximum absolute atomic E-state index is 6.23. The molecular formula is C13H18N4S. The average molecular weight is 262 g/mol. The van der Waals surface area contributed by atoms with Crippen LogP contribution in [0.4, 0.5) is 5.82 Å². The SMILES string of the molecule is CCC1(N)CN(c2ncnc3sc(C)c(C)c23)C1. The van der Waals surface area contributed by atoms with Crippen molar-refractivity contribution in [1.29, 1.82) is 0 Å². The Morgan fingerprint density at radius 2 is 2.11 bits per heavy atom. The Morgan fingerprint density at radius 3 is 2.78 bits per heavy atom. The van der Waals surface area contributed by atoms with Crippen molar-refractivity contribution in [2.45, 2.75) is 32.7 Å². The largest absolute Gasteiger partial charge is 0.352 e. The number of hydrogen-bond acceptors (Lipinski definition) is 5. The first-order valence-corrected chi connectivity index (χ1v) is 7.10. The summed E-state index contributed by atoms with van der Waals surface area (Å²) in [5.74, 6) is 1.05. The van der Waals surface area contributed by atoms with Crippen LogP contribution < -0.4 is 10.6 Å². The summed E-state index contributed by atoms with van der Waals surface area (Å²) in [6, 6.07) is 0. The standard InChI is InChI=1S/C13H18N4S/c1-4-13(14)5-17(6-13)11-10-8(2)9(3)18-12(10)16-7-15-11/h7H,4-6,14H2,1-3H3. The molecule has 0 amide bonds. The fourth-order valence-corrected chi connectivity index (χ4v) is 3.48. The molecule has 0 bridgehead atoms. The second-order valence-corrected chi connectivity index (χ2v) is 6.44. The number of thiophene rings is 1. The van der Waals surface area contributed by atoms with Crippen molar-refractivity contribution in [3.63, 3.8) is 0 Å². The van der Waals surface area contributed by atoms with Gasteiger partial charge in [-0.1, -0.05) is 6.92 Å². The van der Waals surface area contributed by atoms with Gasteiger partial charge < -0.3 is 10.6 Å². The van der Waals surface area contributed by atoms with E-state index in [9.17, 15) is 0 Å². The molecule has 2 aromatic heterocycles. The Morgan fingerprint density at radius 1 is 1.39 bits per heavy atom. The molecule has 3 rings (SSSR count). The number of rotatable bonds is 2. The minimum Gasteiger partial charge on any atom is -0.352 e. The molecule has 96 valence electrons. The molecule has 1 fully saturated rings. The molecule has 0 radical (unpaired) electrons. The van der Waals surface area contributed by atoms with E-state index in [4.69, 9.17) is 5.73 Å². The van der Waals surface area contributed by atoms with Gasteiger partial charge in [0.1, 0.15) is 17.0 Å². The highest BCUT2D eigenvalue weighted by atomic mass is 32.1. The van der Waals surface area contributed by atoms with Gasteiger partial charge in [0.05, 0.1) is 10.9 Å². The second-order valence-electron chi connectivity index (χ2n) is 5.23. The van der Waals surface area contributed by atoms with Crippen molar-refractivity contribution in [3.8, 4) is 0 Å². The molecule has 0 aliphatic carbocycles. The summed E-state index contributed by atoms with van der Waals surface area (Å²) in [4.78, 5) is 13.5. The Balaban J connectivity index is 2.03. The van der Waals surface area contributed by atoms with Crippen molar-refractivity contribution < 1.29 is 0 Å². The third-order valence-electron chi connectivity index (χ3n) is 3.96. The van der Waals surface area contributed by atoms with E-state index >= 15 is 0 Å². The lowest BCUT2D eigenvalue weighted by atomic mass is 9.88. The second kappa shape index (κ2) is 3.90. The number of hydrogen-bond donors (Lipinski definition) is 1. The van der Waals surface area contributed by atoms with Crippen LogP contribution in [0.25, 0.3) is 10.2 Å². The lowest BCUT2D eigenvalue weighted by Crippen LogP contribution is -2.67. The van der Waals surface area contributed by atoms with Gasteiger partial charge in [0.2, 0.25) is 0 Å². The molecule has 1 saturated heterocycles. The average Bonchev–Trinajstić information content (AvgIpc) is 2.61. The molecular weight excluding hydrogens is 244 g/mol. The number of aryl methyl sites for hydroxylation is 2. The monoisotopic (exact) mass is 262 g/mol. The molecule has 3 heterocycles. The fraction of sp³-hybridized carbons (Fsp3) is 0.538. The number of nitrogens with two attached hydrogens (primary N) is 1. The van der Waals surface area contributed by atoms with Gasteiger partial charge in [-0.15, -0.1) is 11.3 Å². The normalized spacial score (nSPS) is 18.1. The fourth-order valence-electron chi connectivity index (χ4n) is 2.49. The van der Waals surface area contributed by atoms with Crippen LogP contribution in [-0.2, 0) is 0 Å². The van der Waals surface area contributed by atoms with E-state index in [2.05, 4.69) is 35.6 Å². The highest BCUT2D eigenvalue weighted by Crippen LogP contribution is 2.37. The third-order valence-corrected chi connectivity index (χ3v) is 5.08. The third kappa shape index (κ3) is 1.61. The van der Waals surface area contributed by atoms with Gasteiger partial charge in [-0.2, -0.15) is 0 Å². The first kappa shape index (κ1) is 11.9. The molecule has 1 aliphatic rings. The lowest BCUT2D eigenvalue weighted by Gasteiger charge is -2.48. The van der Waals surface area contributed by atoms with Crippen LogP contribution in [0, 0.1) is 13.8 Å². The summed E-state index contributed by atoms with van der Waals surface area (Å²) in [6.07, 6.45) is 2.68. The Hall–Kier alpha value is -1.20. The molecule has 0 saturated carbocycles. The van der Waals surface area contributed by atoms with Crippen molar-refractivity contribution in [2.24, 2.45) is 5.73 Å². The zero-order valence-electron chi connectivity index (χ0n) is 11.0. The predicted octanol–water partition coefficient (Wildman–Crippen LogP) is 2.24. The molecule has 0 atom stereocenters. The summed E-state index contributed by atoms with van der Waals surface area (Å²) in [5.41, 5.74) is 7.51. The molecule has 5 heteroatoms. The van der Waals surface area contributed by atoms with Crippen LogP contribution >= 0.6 is 11.3 Å². The first-order chi connectivity index (χ1) is 8.54. The Labute approximate surface area is 111 Å². The summed E-state index contributed by atoms with van der Waals surface area (Å²) in [6.45, 7) is 8.22. The minimum absolute atomic E-state index is 0.0315. The summed E-state index contributed by atoms with van der Waals surface area (Å²) >= 11 is 1.74. The van der Waals surface area contributed by atoms with Crippen LogP contribution in [0.3, 0.4) is 0 Å². The summed E-state index contributed by atoms with van der Waals surface area (Å²) in [5, 5.41) is 1.21. The van der Waals surface area contributed by atoms with Crippen molar-refractivity contribution in [3.05, 3.63) is 16.8 Å². The molecule has 0 aromatic carbocycles. The van der Waals surface area contributed by atoms with E-state index in [0.717, 1.165) is 30.2 Å². The van der Waals surface area contributed by atoms with Gasteiger partial charge in [0.15, 0.2) is 0 Å².